The second-order valence-corrected chi connectivity index (χ2v) is 32.6. The maximum atomic E-state index is 10.2. The van der Waals surface area contributed by atoms with Crippen LogP contribution in [-0.4, -0.2) is 154 Å². The molecule has 8 aromatic heterocycles. The highest BCUT2D eigenvalue weighted by Gasteiger charge is 2.49. The number of aromatic nitrogens is 11. The highest BCUT2D eigenvalue weighted by atomic mass is 35.5. The maximum Gasteiger partial charge on any atom is 0.175 e. The first kappa shape index (κ1) is 69.9. The number of rotatable bonds is 14. The molecule has 0 aromatic carbocycles. The summed E-state index contributed by atoms with van der Waals surface area (Å²) >= 11 is 10.4. The van der Waals surface area contributed by atoms with E-state index in [0.29, 0.717) is 77.8 Å². The molecule has 18 rings (SSSR count). The molecule has 103 heavy (non-hydrogen) atoms. The van der Waals surface area contributed by atoms with E-state index in [1.165, 1.54) is 65.7 Å². The first-order chi connectivity index (χ1) is 50.4. The lowest BCUT2D eigenvalue weighted by Crippen LogP contribution is -2.45. The molecule has 8 aromatic rings. The van der Waals surface area contributed by atoms with Crippen LogP contribution in [-0.2, 0) is 32.7 Å². The van der Waals surface area contributed by atoms with Crippen molar-refractivity contribution in [2.45, 2.75) is 178 Å². The van der Waals surface area contributed by atoms with Gasteiger partial charge in [0.15, 0.2) is 51.5 Å². The Morgan fingerprint density at radius 1 is 0.466 bits per heavy atom. The Labute approximate surface area is 618 Å². The van der Waals surface area contributed by atoms with Gasteiger partial charge in [-0.25, -0.2) is 44.9 Å². The minimum Gasteiger partial charge on any atom is -0.486 e. The average molecular weight is 1470 g/mol. The van der Waals surface area contributed by atoms with Crippen molar-refractivity contribution < 1.29 is 29.5 Å². The molecular weight excluding hydrogens is 1380 g/mol. The van der Waals surface area contributed by atoms with E-state index in [1.807, 2.05) is 73.7 Å². The summed E-state index contributed by atoms with van der Waals surface area (Å²) in [4.78, 5) is 65.4. The van der Waals surface area contributed by atoms with Crippen LogP contribution in [0.25, 0.3) is 0 Å². The second-order valence-electron chi connectivity index (χ2n) is 29.0. The molecular formula is C75H89ClN18O6S3. The summed E-state index contributed by atoms with van der Waals surface area (Å²) in [7, 11) is 0. The summed E-state index contributed by atoms with van der Waals surface area (Å²) in [5, 5.41) is 32.2. The van der Waals surface area contributed by atoms with Gasteiger partial charge in [-0.05, 0) is 128 Å². The topological polar surface area (TPSA) is 298 Å². The highest BCUT2D eigenvalue weighted by molar-refractivity contribution is 7.99. The molecule has 8 atom stereocenters. The quantitative estimate of drug-likeness (QED) is 0.0676. The molecule has 0 radical (unpaired) electrons. The minimum atomic E-state index is -0.237. The largest absolute Gasteiger partial charge is 0.486 e. The third-order valence-corrected chi connectivity index (χ3v) is 26.5. The van der Waals surface area contributed by atoms with Gasteiger partial charge in [-0.3, -0.25) is 9.97 Å². The molecule has 16 heterocycles. The average Bonchev–Trinajstić information content (AvgIpc) is 1.68. The van der Waals surface area contributed by atoms with E-state index in [-0.39, 0.29) is 47.9 Å². The predicted molar refractivity (Wildman–Crippen MR) is 397 cm³/mol. The number of hydrogen-bond donors (Lipinski definition) is 5. The zero-order valence-corrected chi connectivity index (χ0v) is 61.6. The molecule has 0 amide bonds. The lowest BCUT2D eigenvalue weighted by Gasteiger charge is -2.42. The van der Waals surface area contributed by atoms with Crippen molar-refractivity contribution in [1.82, 2.24) is 54.8 Å². The summed E-state index contributed by atoms with van der Waals surface area (Å²) in [5.41, 5.74) is 19.8. The van der Waals surface area contributed by atoms with Crippen LogP contribution in [0.4, 0.5) is 29.1 Å². The molecule has 0 saturated carbocycles. The van der Waals surface area contributed by atoms with E-state index in [0.717, 1.165) is 186 Å². The third-order valence-electron chi connectivity index (χ3n) is 23.3. The predicted octanol–water partition coefficient (Wildman–Crippen LogP) is 10.7. The zero-order chi connectivity index (χ0) is 70.5. The first-order valence-electron chi connectivity index (χ1n) is 36.5. The van der Waals surface area contributed by atoms with Crippen molar-refractivity contribution in [2.75, 3.05) is 90.1 Å². The number of aliphatic hydroxyl groups is 3. The molecule has 2 aliphatic carbocycles. The van der Waals surface area contributed by atoms with Gasteiger partial charge in [-0.15, -0.1) is 0 Å². The molecule has 1 unspecified atom stereocenters. The number of pyridine rings is 5. The Kier molecular flexibility index (Phi) is 20.2. The normalized spacial score (nSPS) is 24.1. The van der Waals surface area contributed by atoms with Crippen molar-refractivity contribution in [2.24, 2.45) is 40.1 Å². The molecule has 7 N–H and O–H groups in total. The number of nitrogens with zero attached hydrogens (tertiary/aromatic N) is 16. The molecule has 5 saturated heterocycles. The summed E-state index contributed by atoms with van der Waals surface area (Å²) in [6, 6.07) is 15.3. The van der Waals surface area contributed by atoms with Crippen molar-refractivity contribution >= 4 is 76.0 Å². The van der Waals surface area contributed by atoms with E-state index in [2.05, 4.69) is 92.3 Å². The fraction of sp³-hybridized carbons (Fsp3) is 0.507. The lowest BCUT2D eigenvalue weighted by molar-refractivity contribution is 0.186. The van der Waals surface area contributed by atoms with Crippen LogP contribution in [0.3, 0.4) is 0 Å². The number of nitrogens with two attached hydrogens (primary N) is 2. The van der Waals surface area contributed by atoms with Gasteiger partial charge in [0.1, 0.15) is 52.0 Å². The van der Waals surface area contributed by atoms with Gasteiger partial charge in [0.25, 0.3) is 0 Å². The minimum absolute atomic E-state index is 0.0164. The van der Waals surface area contributed by atoms with E-state index in [9.17, 15) is 15.3 Å². The van der Waals surface area contributed by atoms with Crippen LogP contribution in [0.1, 0.15) is 137 Å². The molecule has 10 aliphatic rings. The molecule has 28 heteroatoms. The molecule has 540 valence electrons. The molecule has 5 fully saturated rings. The van der Waals surface area contributed by atoms with Crippen molar-refractivity contribution in [1.29, 1.82) is 0 Å². The Morgan fingerprint density at radius 3 is 1.17 bits per heavy atom. The van der Waals surface area contributed by atoms with Crippen molar-refractivity contribution in [3.8, 4) is 17.2 Å². The lowest BCUT2D eigenvalue weighted by atomic mass is 9.73. The Balaban J connectivity index is 0.000000123. The van der Waals surface area contributed by atoms with E-state index in [4.69, 9.17) is 57.2 Å². The number of piperidine rings is 2. The van der Waals surface area contributed by atoms with E-state index in [1.54, 1.807) is 6.20 Å². The zero-order valence-electron chi connectivity index (χ0n) is 58.4. The van der Waals surface area contributed by atoms with Crippen LogP contribution < -0.4 is 50.2 Å². The number of fused-ring (bicyclic) bond motifs is 11. The molecule has 8 aliphatic heterocycles. The van der Waals surface area contributed by atoms with Gasteiger partial charge in [-0.2, -0.15) is 0 Å². The van der Waals surface area contributed by atoms with Crippen molar-refractivity contribution in [3.63, 3.8) is 0 Å². The van der Waals surface area contributed by atoms with Gasteiger partial charge in [0.2, 0.25) is 0 Å². The van der Waals surface area contributed by atoms with Gasteiger partial charge in [-0.1, -0.05) is 99.1 Å². The summed E-state index contributed by atoms with van der Waals surface area (Å²) in [6.07, 6.45) is 27.2. The number of ether oxygens (including phenoxy) is 3. The fourth-order valence-electron chi connectivity index (χ4n) is 17.4. The smallest absolute Gasteiger partial charge is 0.175 e. The van der Waals surface area contributed by atoms with Crippen LogP contribution in [0.2, 0.25) is 5.15 Å². The van der Waals surface area contributed by atoms with Crippen LogP contribution in [0.5, 0.6) is 17.2 Å². The number of aliphatic hydroxyl groups excluding tert-OH is 3. The number of hydrogen-bond acceptors (Lipinski definition) is 27. The Hall–Kier alpha value is -7.47. The van der Waals surface area contributed by atoms with Crippen LogP contribution >= 0.6 is 46.9 Å². The van der Waals surface area contributed by atoms with Gasteiger partial charge < -0.3 is 65.5 Å². The number of anilines is 5. The first-order valence-corrected chi connectivity index (χ1v) is 39.3. The van der Waals surface area contributed by atoms with Crippen molar-refractivity contribution in [3.05, 3.63) is 137 Å². The van der Waals surface area contributed by atoms with Gasteiger partial charge in [0, 0.05) is 100 Å². The monoisotopic (exact) mass is 1470 g/mol. The maximum absolute atomic E-state index is 10.2. The Bertz CT molecular complexity index is 4200. The Morgan fingerprint density at radius 2 is 0.825 bits per heavy atom. The van der Waals surface area contributed by atoms with Crippen LogP contribution in [0.15, 0.2) is 122 Å². The summed E-state index contributed by atoms with van der Waals surface area (Å²) in [6.45, 7) is 14.7. The SMILES string of the molecule is CCC1C[C@H]2COc3c(Sc4cnc(Cl)c(CO)n4)ccnc3N2C1.CC[C@@H]1C[C@H]2COc3c(Sc4cnc(N5CCC6(CC5)Cc5ncccc5[C@H]6N)c(CO)n4)ccnc3N2C1.CC[C@H]1C[C@H]2COc3c(Sc4cnc(N5CCC6(CC5)Cc5ncccc5[C@H]6N)c(CO)n4)ccnc3N2C1. The molecule has 24 nitrogen and oxygen atoms in total. The van der Waals surface area contributed by atoms with E-state index < -0.39 is 0 Å². The second kappa shape index (κ2) is 29.8. The standard InChI is InChI=1S/2C29H35N7O2S.C17H19ClN4O2S/c2*1-2-18-12-19-17-38-25-23(5-9-32-28(25)36(19)15-18)39-24-14-33-27(22(16-37)34-24)35-10-6-29(7-11-35)13-21-20(26(29)30)4-3-8-31-21;1-2-10-5-11-9-24-15-13(3-4-19-17(15)22(11)7-10)25-14-6-20-16(18)12(8-23)21-14/h2*3-5,8-9,14,18-19,26,37H,2,6-7,10-13,15-17,30H2,1H3;3-4,6,10-11,23H,2,5,7-9H2,1H3/t18-,19+,26-;18-,19-,26+;10?,11-/m100/s1. The number of halogens is 1. The molecule has 0 bridgehead atoms. The van der Waals surface area contributed by atoms with Gasteiger partial charge >= 0.3 is 0 Å². The van der Waals surface area contributed by atoms with Gasteiger partial charge in [0.05, 0.1) is 71.2 Å². The highest BCUT2D eigenvalue weighted by Crippen LogP contribution is 2.54. The summed E-state index contributed by atoms with van der Waals surface area (Å²) in [5.74, 6) is 8.86. The van der Waals surface area contributed by atoms with Crippen LogP contribution in [0, 0.1) is 28.6 Å². The third kappa shape index (κ3) is 13.5. The fourth-order valence-corrected chi connectivity index (χ4v) is 20.1. The summed E-state index contributed by atoms with van der Waals surface area (Å²) < 4.78 is 18.5. The molecule has 2 spiro atoms. The van der Waals surface area contributed by atoms with E-state index >= 15 is 0 Å².